The van der Waals surface area contributed by atoms with Crippen molar-refractivity contribution in [3.63, 3.8) is 0 Å². The summed E-state index contributed by atoms with van der Waals surface area (Å²) in [5, 5.41) is 2.86. The van der Waals surface area contributed by atoms with Gasteiger partial charge in [-0.15, -0.1) is 0 Å². The first-order chi connectivity index (χ1) is 8.96. The number of carbonyl (C=O) groups excluding carboxylic acids is 2. The first-order valence-corrected chi connectivity index (χ1v) is 6.03. The van der Waals surface area contributed by atoms with Gasteiger partial charge in [0.15, 0.2) is 0 Å². The normalized spacial score (nSPS) is 19.2. The second-order valence-electron chi connectivity index (χ2n) is 4.94. The van der Waals surface area contributed by atoms with Crippen molar-refractivity contribution in [2.24, 2.45) is 0 Å². The molecule has 0 aromatic carbocycles. The second-order valence-corrected chi connectivity index (χ2v) is 4.94. The number of nitrogens with one attached hydrogen (secondary N) is 1. The largest absolute Gasteiger partial charge is 0.467 e. The van der Waals surface area contributed by atoms with Crippen molar-refractivity contribution < 1.29 is 14.3 Å². The van der Waals surface area contributed by atoms with E-state index < -0.39 is 11.5 Å². The van der Waals surface area contributed by atoms with E-state index in [0.717, 1.165) is 5.56 Å². The predicted molar refractivity (Wildman–Crippen MR) is 68.3 cm³/mol. The molecule has 0 radical (unpaired) electrons. The van der Waals surface area contributed by atoms with Crippen LogP contribution < -0.4 is 5.32 Å². The van der Waals surface area contributed by atoms with E-state index in [9.17, 15) is 9.59 Å². The standard InChI is InChI=1S/C13H17N3O3/c1-13(2,11(17)19-3)16-8-10(15-12(16)18)9-4-6-14-7-5-9/h4-7,10H,8H2,1-3H3,(H,15,18). The quantitative estimate of drug-likeness (QED) is 0.829. The van der Waals surface area contributed by atoms with Crippen molar-refractivity contribution in [2.45, 2.75) is 25.4 Å². The van der Waals surface area contributed by atoms with Crippen molar-refractivity contribution >= 4 is 12.0 Å². The second kappa shape index (κ2) is 4.87. The van der Waals surface area contributed by atoms with Crippen molar-refractivity contribution in [3.05, 3.63) is 30.1 Å². The number of pyridine rings is 1. The van der Waals surface area contributed by atoms with E-state index in [1.54, 1.807) is 26.2 Å². The van der Waals surface area contributed by atoms with E-state index in [0.29, 0.717) is 6.54 Å². The summed E-state index contributed by atoms with van der Waals surface area (Å²) in [6.45, 7) is 3.77. The average molecular weight is 263 g/mol. The van der Waals surface area contributed by atoms with Crippen LogP contribution in [0.4, 0.5) is 4.79 Å². The number of rotatable bonds is 3. The zero-order valence-corrected chi connectivity index (χ0v) is 11.2. The summed E-state index contributed by atoms with van der Waals surface area (Å²) < 4.78 is 4.75. The number of esters is 1. The van der Waals surface area contributed by atoms with Crippen LogP contribution in [0.3, 0.4) is 0 Å². The minimum absolute atomic E-state index is 0.139. The van der Waals surface area contributed by atoms with Gasteiger partial charge in [0.2, 0.25) is 0 Å². The lowest BCUT2D eigenvalue weighted by Crippen LogP contribution is -2.52. The Balaban J connectivity index is 2.19. The number of methoxy groups -OCH3 is 1. The van der Waals surface area contributed by atoms with Gasteiger partial charge in [-0.25, -0.2) is 9.59 Å². The molecule has 0 aliphatic carbocycles. The highest BCUT2D eigenvalue weighted by Crippen LogP contribution is 2.26. The first kappa shape index (κ1) is 13.3. The Morgan fingerprint density at radius 3 is 2.68 bits per heavy atom. The molecular weight excluding hydrogens is 246 g/mol. The van der Waals surface area contributed by atoms with Gasteiger partial charge in [-0.2, -0.15) is 0 Å². The topological polar surface area (TPSA) is 71.5 Å². The molecule has 1 unspecified atom stereocenters. The smallest absolute Gasteiger partial charge is 0.331 e. The molecule has 0 spiro atoms. The molecule has 1 fully saturated rings. The Morgan fingerprint density at radius 2 is 2.11 bits per heavy atom. The Kier molecular flexibility index (Phi) is 3.42. The maximum absolute atomic E-state index is 12.0. The van der Waals surface area contributed by atoms with Gasteiger partial charge in [-0.1, -0.05) is 0 Å². The fraction of sp³-hybridized carbons (Fsp3) is 0.462. The molecule has 6 heteroatoms. The highest BCUT2D eigenvalue weighted by molar-refractivity contribution is 5.88. The SMILES string of the molecule is COC(=O)C(C)(C)N1CC(c2ccncc2)NC1=O. The molecule has 1 N–H and O–H groups in total. The van der Waals surface area contributed by atoms with Gasteiger partial charge < -0.3 is 15.0 Å². The lowest BCUT2D eigenvalue weighted by molar-refractivity contribution is -0.151. The van der Waals surface area contributed by atoms with E-state index in [4.69, 9.17) is 4.74 Å². The summed E-state index contributed by atoms with van der Waals surface area (Å²) in [6, 6.07) is 3.29. The van der Waals surface area contributed by atoms with Crippen LogP contribution in [0.2, 0.25) is 0 Å². The number of amides is 2. The van der Waals surface area contributed by atoms with Crippen LogP contribution >= 0.6 is 0 Å². The lowest BCUT2D eigenvalue weighted by Gasteiger charge is -2.31. The number of carbonyl (C=O) groups is 2. The van der Waals surface area contributed by atoms with E-state index in [2.05, 4.69) is 10.3 Å². The van der Waals surface area contributed by atoms with Gasteiger partial charge >= 0.3 is 12.0 Å². The molecule has 2 rings (SSSR count). The Morgan fingerprint density at radius 1 is 1.47 bits per heavy atom. The molecule has 2 amide bonds. The summed E-state index contributed by atoms with van der Waals surface area (Å²) >= 11 is 0. The molecule has 1 aliphatic heterocycles. The van der Waals surface area contributed by atoms with Gasteiger partial charge in [-0.3, -0.25) is 4.98 Å². The van der Waals surface area contributed by atoms with Gasteiger partial charge in [0.25, 0.3) is 0 Å². The van der Waals surface area contributed by atoms with E-state index in [1.807, 2.05) is 12.1 Å². The van der Waals surface area contributed by atoms with Crippen molar-refractivity contribution in [2.75, 3.05) is 13.7 Å². The van der Waals surface area contributed by atoms with Crippen LogP contribution in [0, 0.1) is 0 Å². The Hall–Kier alpha value is -2.11. The fourth-order valence-corrected chi connectivity index (χ4v) is 2.16. The molecule has 0 bridgehead atoms. The molecule has 6 nitrogen and oxygen atoms in total. The third kappa shape index (κ3) is 2.38. The summed E-state index contributed by atoms with van der Waals surface area (Å²) in [5.41, 5.74) is -0.0211. The van der Waals surface area contributed by atoms with Crippen LogP contribution in [0.25, 0.3) is 0 Å². The van der Waals surface area contributed by atoms with Crippen LogP contribution in [-0.4, -0.2) is 41.1 Å². The zero-order valence-electron chi connectivity index (χ0n) is 11.2. The lowest BCUT2D eigenvalue weighted by atomic mass is 10.0. The Labute approximate surface area is 111 Å². The zero-order chi connectivity index (χ0) is 14.0. The fourth-order valence-electron chi connectivity index (χ4n) is 2.16. The molecule has 19 heavy (non-hydrogen) atoms. The molecule has 1 aliphatic rings. The molecule has 2 heterocycles. The molecule has 1 atom stereocenters. The molecule has 0 saturated carbocycles. The van der Waals surface area contributed by atoms with Crippen molar-refractivity contribution in [1.29, 1.82) is 0 Å². The summed E-state index contributed by atoms with van der Waals surface area (Å²) in [5.74, 6) is -0.432. The van der Waals surface area contributed by atoms with Crippen molar-refractivity contribution in [1.82, 2.24) is 15.2 Å². The number of hydrogen-bond acceptors (Lipinski definition) is 4. The molecule has 1 saturated heterocycles. The minimum atomic E-state index is -0.986. The van der Waals surface area contributed by atoms with Gasteiger partial charge in [-0.05, 0) is 31.5 Å². The molecule has 1 aromatic heterocycles. The average Bonchev–Trinajstić information content (AvgIpc) is 2.81. The van der Waals surface area contributed by atoms with Crippen LogP contribution in [0.15, 0.2) is 24.5 Å². The molecule has 1 aromatic rings. The van der Waals surface area contributed by atoms with Crippen molar-refractivity contribution in [3.8, 4) is 0 Å². The highest BCUT2D eigenvalue weighted by atomic mass is 16.5. The monoisotopic (exact) mass is 263 g/mol. The number of nitrogens with zero attached hydrogens (tertiary/aromatic N) is 2. The summed E-state index contributed by atoms with van der Waals surface area (Å²) in [4.78, 5) is 29.2. The van der Waals surface area contributed by atoms with E-state index >= 15 is 0 Å². The summed E-state index contributed by atoms with van der Waals surface area (Å²) in [7, 11) is 1.32. The minimum Gasteiger partial charge on any atom is -0.467 e. The number of hydrogen-bond donors (Lipinski definition) is 1. The number of urea groups is 1. The highest BCUT2D eigenvalue weighted by Gasteiger charge is 2.44. The van der Waals surface area contributed by atoms with E-state index in [1.165, 1.54) is 12.0 Å². The predicted octanol–water partition coefficient (Wildman–Crippen LogP) is 1.10. The van der Waals surface area contributed by atoms with Crippen LogP contribution in [-0.2, 0) is 9.53 Å². The Bertz CT molecular complexity index is 487. The van der Waals surface area contributed by atoms with Gasteiger partial charge in [0, 0.05) is 18.9 Å². The van der Waals surface area contributed by atoms with E-state index in [-0.39, 0.29) is 12.1 Å². The maximum atomic E-state index is 12.0. The van der Waals surface area contributed by atoms with Crippen LogP contribution in [0.1, 0.15) is 25.5 Å². The third-order valence-corrected chi connectivity index (χ3v) is 3.38. The first-order valence-electron chi connectivity index (χ1n) is 6.03. The molecule has 102 valence electrons. The molecular formula is C13H17N3O3. The van der Waals surface area contributed by atoms with Gasteiger partial charge in [0.05, 0.1) is 13.2 Å². The number of aromatic nitrogens is 1. The third-order valence-electron chi connectivity index (χ3n) is 3.38. The maximum Gasteiger partial charge on any atom is 0.331 e. The van der Waals surface area contributed by atoms with Gasteiger partial charge in [0.1, 0.15) is 5.54 Å². The number of ether oxygens (including phenoxy) is 1. The summed E-state index contributed by atoms with van der Waals surface area (Å²) in [6.07, 6.45) is 3.35. The van der Waals surface area contributed by atoms with Crippen LogP contribution in [0.5, 0.6) is 0 Å².